The van der Waals surface area contributed by atoms with Gasteiger partial charge in [-0.2, -0.15) is 0 Å². The van der Waals surface area contributed by atoms with E-state index in [0.717, 1.165) is 5.65 Å². The zero-order valence-electron chi connectivity index (χ0n) is 10.3. The fourth-order valence-corrected chi connectivity index (χ4v) is 2.24. The minimum absolute atomic E-state index is 0.259. The van der Waals surface area contributed by atoms with Crippen molar-refractivity contribution in [3.63, 3.8) is 0 Å². The summed E-state index contributed by atoms with van der Waals surface area (Å²) in [5.74, 6) is 0.408. The number of hydrogen-bond donors (Lipinski definition) is 1. The van der Waals surface area contributed by atoms with Gasteiger partial charge in [-0.15, -0.1) is 10.2 Å². The van der Waals surface area contributed by atoms with Crippen molar-refractivity contribution in [2.24, 2.45) is 0 Å². The number of halogens is 1. The standard InChI is InChI=1S/C13H10BrN5O/c14-9-4-3-6-15-12(9)13(20)16-8-11-18-17-10-5-1-2-7-19(10)11/h1-7H,8H2,(H,16,20). The van der Waals surface area contributed by atoms with Crippen LogP contribution in [0.1, 0.15) is 16.3 Å². The van der Waals surface area contributed by atoms with Crippen molar-refractivity contribution in [1.82, 2.24) is 24.9 Å². The fourth-order valence-electron chi connectivity index (χ4n) is 1.81. The van der Waals surface area contributed by atoms with Crippen molar-refractivity contribution in [3.8, 4) is 0 Å². The van der Waals surface area contributed by atoms with E-state index < -0.39 is 0 Å². The molecule has 0 aromatic carbocycles. The highest BCUT2D eigenvalue weighted by atomic mass is 79.9. The average Bonchev–Trinajstić information content (AvgIpc) is 2.88. The molecule has 100 valence electrons. The number of aromatic nitrogens is 4. The molecule has 3 aromatic heterocycles. The topological polar surface area (TPSA) is 72.2 Å². The van der Waals surface area contributed by atoms with Crippen molar-refractivity contribution in [3.05, 3.63) is 58.7 Å². The van der Waals surface area contributed by atoms with Crippen LogP contribution in [0.15, 0.2) is 47.2 Å². The third kappa shape index (κ3) is 2.39. The van der Waals surface area contributed by atoms with Gasteiger partial charge in [0.05, 0.1) is 6.54 Å². The van der Waals surface area contributed by atoms with E-state index in [9.17, 15) is 4.79 Å². The molecule has 0 atom stereocenters. The van der Waals surface area contributed by atoms with E-state index in [1.165, 1.54) is 0 Å². The number of carbonyl (C=O) groups excluding carboxylic acids is 1. The summed E-state index contributed by atoms with van der Waals surface area (Å²) in [5, 5.41) is 10.9. The molecule has 3 rings (SSSR count). The van der Waals surface area contributed by atoms with Crippen LogP contribution in [0.4, 0.5) is 0 Å². The molecule has 7 heteroatoms. The predicted octanol–water partition coefficient (Wildman–Crippen LogP) is 1.82. The first-order valence-electron chi connectivity index (χ1n) is 5.93. The zero-order chi connectivity index (χ0) is 13.9. The van der Waals surface area contributed by atoms with E-state index in [-0.39, 0.29) is 12.5 Å². The second kappa shape index (κ2) is 5.38. The van der Waals surface area contributed by atoms with Crippen molar-refractivity contribution in [2.75, 3.05) is 0 Å². The highest BCUT2D eigenvalue weighted by Gasteiger charge is 2.12. The summed E-state index contributed by atoms with van der Waals surface area (Å²) >= 11 is 3.30. The molecule has 0 saturated heterocycles. The third-order valence-corrected chi connectivity index (χ3v) is 3.40. The van der Waals surface area contributed by atoms with Crippen LogP contribution in [0, 0.1) is 0 Å². The van der Waals surface area contributed by atoms with E-state index >= 15 is 0 Å². The van der Waals surface area contributed by atoms with Crippen molar-refractivity contribution in [1.29, 1.82) is 0 Å². The third-order valence-electron chi connectivity index (χ3n) is 2.76. The highest BCUT2D eigenvalue weighted by molar-refractivity contribution is 9.10. The molecule has 0 unspecified atom stereocenters. The van der Waals surface area contributed by atoms with Crippen LogP contribution in [-0.4, -0.2) is 25.5 Å². The minimum Gasteiger partial charge on any atom is -0.343 e. The summed E-state index contributed by atoms with van der Waals surface area (Å²) in [6.45, 7) is 0.285. The molecule has 0 aliphatic rings. The number of nitrogens with one attached hydrogen (secondary N) is 1. The molecule has 0 aliphatic heterocycles. The Morgan fingerprint density at radius 2 is 2.15 bits per heavy atom. The number of fused-ring (bicyclic) bond motifs is 1. The second-order valence-electron chi connectivity index (χ2n) is 4.06. The molecule has 0 radical (unpaired) electrons. The molecule has 0 bridgehead atoms. The molecule has 1 amide bonds. The molecule has 0 saturated carbocycles. The Labute approximate surface area is 123 Å². The molecular formula is C13H10BrN5O. The maximum Gasteiger partial charge on any atom is 0.271 e. The SMILES string of the molecule is O=C(NCc1nnc2ccccn12)c1ncccc1Br. The van der Waals surface area contributed by atoms with Gasteiger partial charge in [0, 0.05) is 16.9 Å². The predicted molar refractivity (Wildman–Crippen MR) is 76.1 cm³/mol. The van der Waals surface area contributed by atoms with Gasteiger partial charge in [0.2, 0.25) is 0 Å². The lowest BCUT2D eigenvalue weighted by atomic mass is 10.3. The maximum atomic E-state index is 12.0. The summed E-state index contributed by atoms with van der Waals surface area (Å²) in [7, 11) is 0. The van der Waals surface area contributed by atoms with Crippen molar-refractivity contribution >= 4 is 27.5 Å². The summed E-state index contributed by atoms with van der Waals surface area (Å²) < 4.78 is 2.48. The van der Waals surface area contributed by atoms with E-state index in [2.05, 4.69) is 36.4 Å². The monoisotopic (exact) mass is 331 g/mol. The Bertz CT molecular complexity index is 770. The van der Waals surface area contributed by atoms with Gasteiger partial charge in [0.15, 0.2) is 11.5 Å². The van der Waals surface area contributed by atoms with Gasteiger partial charge in [-0.1, -0.05) is 6.07 Å². The molecule has 0 aliphatic carbocycles. The van der Waals surface area contributed by atoms with Crippen molar-refractivity contribution < 1.29 is 4.79 Å². The fraction of sp³-hybridized carbons (Fsp3) is 0.0769. The Balaban J connectivity index is 1.77. The molecule has 20 heavy (non-hydrogen) atoms. The van der Waals surface area contributed by atoms with Crippen LogP contribution < -0.4 is 5.32 Å². The number of amides is 1. The van der Waals surface area contributed by atoms with Crippen LogP contribution in [-0.2, 0) is 6.54 Å². The van der Waals surface area contributed by atoms with Crippen LogP contribution in [0.3, 0.4) is 0 Å². The average molecular weight is 332 g/mol. The number of pyridine rings is 2. The number of hydrogen-bond acceptors (Lipinski definition) is 4. The normalized spacial score (nSPS) is 10.7. The Kier molecular flexibility index (Phi) is 3.42. The Morgan fingerprint density at radius 3 is 3.00 bits per heavy atom. The highest BCUT2D eigenvalue weighted by Crippen LogP contribution is 2.13. The smallest absolute Gasteiger partial charge is 0.271 e. The van der Waals surface area contributed by atoms with Gasteiger partial charge in [-0.3, -0.25) is 9.20 Å². The number of rotatable bonds is 3. The van der Waals surface area contributed by atoms with Gasteiger partial charge in [-0.25, -0.2) is 4.98 Å². The number of carbonyl (C=O) groups is 1. The van der Waals surface area contributed by atoms with Gasteiger partial charge < -0.3 is 5.32 Å². The van der Waals surface area contributed by atoms with Crippen molar-refractivity contribution in [2.45, 2.75) is 6.54 Å². The molecule has 0 fully saturated rings. The van der Waals surface area contributed by atoms with Crippen LogP contribution in [0.2, 0.25) is 0 Å². The van der Waals surface area contributed by atoms with Crippen LogP contribution >= 0.6 is 15.9 Å². The van der Waals surface area contributed by atoms with E-state index in [1.807, 2.05) is 28.8 Å². The first kappa shape index (κ1) is 12.7. The zero-order valence-corrected chi connectivity index (χ0v) is 11.9. The first-order valence-corrected chi connectivity index (χ1v) is 6.72. The lowest BCUT2D eigenvalue weighted by Gasteiger charge is -2.04. The molecule has 3 aromatic rings. The lowest BCUT2D eigenvalue weighted by molar-refractivity contribution is 0.0944. The molecule has 1 N–H and O–H groups in total. The van der Waals surface area contributed by atoms with Crippen LogP contribution in [0.5, 0.6) is 0 Å². The summed E-state index contributed by atoms with van der Waals surface area (Å²) in [6.07, 6.45) is 3.43. The van der Waals surface area contributed by atoms with E-state index in [4.69, 9.17) is 0 Å². The quantitative estimate of drug-likeness (QED) is 0.794. The second-order valence-corrected chi connectivity index (χ2v) is 4.92. The molecule has 3 heterocycles. The van der Waals surface area contributed by atoms with Crippen LogP contribution in [0.25, 0.3) is 5.65 Å². The minimum atomic E-state index is -0.259. The molecule has 6 nitrogen and oxygen atoms in total. The first-order chi connectivity index (χ1) is 9.75. The lowest BCUT2D eigenvalue weighted by Crippen LogP contribution is -2.25. The number of nitrogens with zero attached hydrogens (tertiary/aromatic N) is 4. The van der Waals surface area contributed by atoms with Gasteiger partial charge in [0.1, 0.15) is 5.69 Å². The van der Waals surface area contributed by atoms with Gasteiger partial charge in [0.25, 0.3) is 5.91 Å². The summed E-state index contributed by atoms with van der Waals surface area (Å²) in [6, 6.07) is 9.16. The summed E-state index contributed by atoms with van der Waals surface area (Å²) in [5.41, 5.74) is 1.09. The van der Waals surface area contributed by atoms with E-state index in [0.29, 0.717) is 16.0 Å². The molecule has 0 spiro atoms. The summed E-state index contributed by atoms with van der Waals surface area (Å²) in [4.78, 5) is 16.1. The molecular weight excluding hydrogens is 322 g/mol. The van der Waals surface area contributed by atoms with E-state index in [1.54, 1.807) is 18.3 Å². The van der Waals surface area contributed by atoms with Gasteiger partial charge in [-0.05, 0) is 40.2 Å². The Morgan fingerprint density at radius 1 is 1.25 bits per heavy atom. The maximum absolute atomic E-state index is 12.0. The largest absolute Gasteiger partial charge is 0.343 e. The Hall–Kier alpha value is -2.28. The van der Waals surface area contributed by atoms with Gasteiger partial charge >= 0.3 is 0 Å².